The van der Waals surface area contributed by atoms with Gasteiger partial charge in [0.15, 0.2) is 0 Å². The molecule has 1 heterocycles. The second kappa shape index (κ2) is 6.71. The SMILES string of the molecule is CC(CNC(C)C)COc1cncc(Cl)c1. The van der Waals surface area contributed by atoms with Crippen LogP contribution in [0.4, 0.5) is 0 Å². The van der Waals surface area contributed by atoms with Crippen molar-refractivity contribution in [3.05, 3.63) is 23.5 Å². The van der Waals surface area contributed by atoms with Crippen LogP contribution in [-0.2, 0) is 0 Å². The summed E-state index contributed by atoms with van der Waals surface area (Å²) in [5.41, 5.74) is 0. The molecule has 16 heavy (non-hydrogen) atoms. The lowest BCUT2D eigenvalue weighted by Gasteiger charge is -2.15. The van der Waals surface area contributed by atoms with Crippen LogP contribution < -0.4 is 10.1 Å². The molecule has 1 aromatic rings. The minimum atomic E-state index is 0.460. The zero-order valence-electron chi connectivity index (χ0n) is 10.0. The van der Waals surface area contributed by atoms with Gasteiger partial charge in [-0.05, 0) is 0 Å². The molecule has 1 N–H and O–H groups in total. The van der Waals surface area contributed by atoms with E-state index in [4.69, 9.17) is 16.3 Å². The van der Waals surface area contributed by atoms with Gasteiger partial charge in [-0.2, -0.15) is 0 Å². The van der Waals surface area contributed by atoms with Crippen LogP contribution in [-0.4, -0.2) is 24.2 Å². The van der Waals surface area contributed by atoms with Crippen molar-refractivity contribution in [1.82, 2.24) is 10.3 Å². The Morgan fingerprint density at radius 3 is 2.75 bits per heavy atom. The van der Waals surface area contributed by atoms with Crippen LogP contribution in [0.1, 0.15) is 20.8 Å². The number of hydrogen-bond acceptors (Lipinski definition) is 3. The molecule has 0 fully saturated rings. The van der Waals surface area contributed by atoms with E-state index in [1.165, 1.54) is 0 Å². The molecule has 90 valence electrons. The number of ether oxygens (including phenoxy) is 1. The van der Waals surface area contributed by atoms with E-state index in [-0.39, 0.29) is 0 Å². The minimum absolute atomic E-state index is 0.460. The first-order chi connectivity index (χ1) is 7.58. The van der Waals surface area contributed by atoms with Gasteiger partial charge in [0.1, 0.15) is 5.75 Å². The molecule has 1 aromatic heterocycles. The van der Waals surface area contributed by atoms with Gasteiger partial charge in [-0.3, -0.25) is 4.98 Å². The first kappa shape index (κ1) is 13.3. The van der Waals surface area contributed by atoms with Crippen molar-refractivity contribution < 1.29 is 4.74 Å². The molecule has 0 radical (unpaired) electrons. The van der Waals surface area contributed by atoms with Crippen LogP contribution in [0.2, 0.25) is 5.02 Å². The number of hydrogen-bond donors (Lipinski definition) is 1. The number of aromatic nitrogens is 1. The lowest BCUT2D eigenvalue weighted by atomic mass is 10.2. The van der Waals surface area contributed by atoms with Gasteiger partial charge in [-0.25, -0.2) is 0 Å². The summed E-state index contributed by atoms with van der Waals surface area (Å²) in [5.74, 6) is 1.19. The van der Waals surface area contributed by atoms with Crippen LogP contribution in [0, 0.1) is 5.92 Å². The summed E-state index contributed by atoms with van der Waals surface area (Å²) in [6.45, 7) is 8.03. The third-order valence-corrected chi connectivity index (χ3v) is 2.30. The molecule has 0 saturated carbocycles. The van der Waals surface area contributed by atoms with Crippen molar-refractivity contribution in [2.45, 2.75) is 26.8 Å². The predicted molar refractivity (Wildman–Crippen MR) is 67.0 cm³/mol. The smallest absolute Gasteiger partial charge is 0.139 e. The number of pyridine rings is 1. The molecular formula is C12H19ClN2O. The lowest BCUT2D eigenvalue weighted by molar-refractivity contribution is 0.252. The van der Waals surface area contributed by atoms with Gasteiger partial charge < -0.3 is 10.1 Å². The molecule has 1 rings (SSSR count). The Labute approximate surface area is 102 Å². The van der Waals surface area contributed by atoms with Crippen molar-refractivity contribution in [3.63, 3.8) is 0 Å². The second-order valence-electron chi connectivity index (χ2n) is 4.32. The molecule has 0 aromatic carbocycles. The van der Waals surface area contributed by atoms with Crippen molar-refractivity contribution >= 4 is 11.6 Å². The molecule has 4 heteroatoms. The van der Waals surface area contributed by atoms with Gasteiger partial charge in [-0.1, -0.05) is 32.4 Å². The minimum Gasteiger partial charge on any atom is -0.492 e. The summed E-state index contributed by atoms with van der Waals surface area (Å²) in [4.78, 5) is 3.96. The monoisotopic (exact) mass is 242 g/mol. The summed E-state index contributed by atoms with van der Waals surface area (Å²) >= 11 is 5.81. The number of nitrogens with one attached hydrogen (secondary N) is 1. The highest BCUT2D eigenvalue weighted by molar-refractivity contribution is 6.30. The van der Waals surface area contributed by atoms with E-state index < -0.39 is 0 Å². The van der Waals surface area contributed by atoms with Crippen LogP contribution in [0.5, 0.6) is 5.75 Å². The largest absolute Gasteiger partial charge is 0.492 e. The first-order valence-electron chi connectivity index (χ1n) is 5.54. The van der Waals surface area contributed by atoms with Crippen LogP contribution >= 0.6 is 11.6 Å². The van der Waals surface area contributed by atoms with Gasteiger partial charge in [-0.15, -0.1) is 0 Å². The predicted octanol–water partition coefficient (Wildman–Crippen LogP) is 2.75. The Kier molecular flexibility index (Phi) is 5.56. The van der Waals surface area contributed by atoms with Gasteiger partial charge in [0.25, 0.3) is 0 Å². The molecule has 0 amide bonds. The van der Waals surface area contributed by atoms with Crippen molar-refractivity contribution in [3.8, 4) is 5.75 Å². The van der Waals surface area contributed by atoms with E-state index in [9.17, 15) is 0 Å². The van der Waals surface area contributed by atoms with E-state index in [0.717, 1.165) is 12.3 Å². The highest BCUT2D eigenvalue weighted by atomic mass is 35.5. The molecule has 1 atom stereocenters. The highest BCUT2D eigenvalue weighted by Crippen LogP contribution is 2.15. The molecule has 0 bridgehead atoms. The fourth-order valence-corrected chi connectivity index (χ4v) is 1.37. The van der Waals surface area contributed by atoms with Gasteiger partial charge >= 0.3 is 0 Å². The van der Waals surface area contributed by atoms with Crippen LogP contribution in [0.25, 0.3) is 0 Å². The molecular weight excluding hydrogens is 224 g/mol. The van der Waals surface area contributed by atoms with Crippen molar-refractivity contribution in [2.75, 3.05) is 13.2 Å². The Morgan fingerprint density at radius 2 is 2.12 bits per heavy atom. The summed E-state index contributed by atoms with van der Waals surface area (Å²) in [5, 5.41) is 3.97. The van der Waals surface area contributed by atoms with Gasteiger partial charge in [0.05, 0.1) is 17.8 Å². The Morgan fingerprint density at radius 1 is 1.38 bits per heavy atom. The van der Waals surface area contributed by atoms with Gasteiger partial charge in [0, 0.05) is 30.8 Å². The van der Waals surface area contributed by atoms with Gasteiger partial charge in [0.2, 0.25) is 0 Å². The number of nitrogens with zero attached hydrogens (tertiary/aromatic N) is 1. The summed E-state index contributed by atoms with van der Waals surface area (Å²) in [7, 11) is 0. The summed E-state index contributed by atoms with van der Waals surface area (Å²) in [6, 6.07) is 2.28. The second-order valence-corrected chi connectivity index (χ2v) is 4.75. The fourth-order valence-electron chi connectivity index (χ4n) is 1.21. The molecule has 0 spiro atoms. The number of halogens is 1. The average Bonchev–Trinajstić information content (AvgIpc) is 2.23. The standard InChI is InChI=1S/C12H19ClN2O/c1-9(2)15-5-10(3)8-16-12-4-11(13)6-14-7-12/h4,6-7,9-10,15H,5,8H2,1-3H3. The maximum atomic E-state index is 5.81. The summed E-state index contributed by atoms with van der Waals surface area (Å²) in [6.07, 6.45) is 3.27. The maximum absolute atomic E-state index is 5.81. The molecule has 1 unspecified atom stereocenters. The third kappa shape index (κ3) is 5.33. The normalized spacial score (nSPS) is 12.8. The van der Waals surface area contributed by atoms with Crippen molar-refractivity contribution in [2.24, 2.45) is 5.92 Å². The lowest BCUT2D eigenvalue weighted by Crippen LogP contribution is -2.30. The summed E-state index contributed by atoms with van der Waals surface area (Å²) < 4.78 is 5.59. The topological polar surface area (TPSA) is 34.1 Å². The zero-order valence-corrected chi connectivity index (χ0v) is 10.8. The zero-order chi connectivity index (χ0) is 12.0. The third-order valence-electron chi connectivity index (χ3n) is 2.09. The van der Waals surface area contributed by atoms with E-state index >= 15 is 0 Å². The van der Waals surface area contributed by atoms with E-state index in [2.05, 4.69) is 31.1 Å². The van der Waals surface area contributed by atoms with E-state index in [0.29, 0.717) is 23.6 Å². The highest BCUT2D eigenvalue weighted by Gasteiger charge is 2.04. The maximum Gasteiger partial charge on any atom is 0.139 e. The number of rotatable bonds is 6. The molecule has 0 aliphatic heterocycles. The molecule has 3 nitrogen and oxygen atoms in total. The Bertz CT molecular complexity index is 318. The van der Waals surface area contributed by atoms with Crippen molar-refractivity contribution in [1.29, 1.82) is 0 Å². The van der Waals surface area contributed by atoms with Crippen LogP contribution in [0.3, 0.4) is 0 Å². The average molecular weight is 243 g/mol. The van der Waals surface area contributed by atoms with Crippen LogP contribution in [0.15, 0.2) is 18.5 Å². The molecule has 0 aliphatic rings. The molecule has 0 aliphatic carbocycles. The Balaban J connectivity index is 2.28. The fraction of sp³-hybridized carbons (Fsp3) is 0.583. The quantitative estimate of drug-likeness (QED) is 0.833. The van der Waals surface area contributed by atoms with E-state index in [1.807, 2.05) is 0 Å². The first-order valence-corrected chi connectivity index (χ1v) is 5.92. The van der Waals surface area contributed by atoms with E-state index in [1.54, 1.807) is 18.5 Å². The Hall–Kier alpha value is -0.800. The molecule has 0 saturated heterocycles.